The monoisotopic (exact) mass is 130 g/mol. The molecular weight excluding hydrogens is 126 g/mol. The van der Waals surface area contributed by atoms with E-state index < -0.39 is 0 Å². The topological polar surface area (TPSA) is 12.4 Å². The first-order valence-electron chi connectivity index (χ1n) is 2.06. The van der Waals surface area contributed by atoms with E-state index in [1.54, 1.807) is 0 Å². The Hall–Kier alpha value is -0.0200. The first kappa shape index (κ1) is 5.12. The van der Waals surface area contributed by atoms with Gasteiger partial charge < -0.3 is 12.6 Å². The molecule has 1 rings (SSSR count). The van der Waals surface area contributed by atoms with Crippen molar-refractivity contribution in [1.29, 1.82) is 0 Å². The molecule has 0 aromatic carbocycles. The predicted octanol–water partition coefficient (Wildman–Crippen LogP) is 1.05. The van der Waals surface area contributed by atoms with Crippen molar-refractivity contribution in [1.82, 2.24) is 0 Å². The van der Waals surface area contributed by atoms with E-state index in [2.05, 4.69) is 4.99 Å². The van der Waals surface area contributed by atoms with E-state index in [0.717, 1.165) is 22.9 Å². The van der Waals surface area contributed by atoms with Crippen LogP contribution in [0.4, 0.5) is 0 Å². The van der Waals surface area contributed by atoms with Gasteiger partial charge in [0.25, 0.3) is 0 Å². The molecule has 0 amide bonds. The van der Waals surface area contributed by atoms with Gasteiger partial charge in [-0.3, -0.25) is 4.99 Å². The zero-order chi connectivity index (χ0) is 5.28. The molecule has 0 saturated heterocycles. The number of rotatable bonds is 0. The molecule has 0 aromatic rings. The summed E-state index contributed by atoms with van der Waals surface area (Å²) in [6.07, 6.45) is 1.79. The molecule has 0 spiro atoms. The van der Waals surface area contributed by atoms with Crippen molar-refractivity contribution in [2.24, 2.45) is 4.99 Å². The molecule has 0 aromatic heterocycles. The molecule has 1 nitrogen and oxygen atoms in total. The standard InChI is InChI=1S/C4H5NS2/c6-3-1-2-4(7)5-3/h1-2H2,(H,5,6,7)/p-1. The van der Waals surface area contributed by atoms with Crippen LogP contribution in [0.5, 0.6) is 0 Å². The zero-order valence-electron chi connectivity index (χ0n) is 3.68. The molecule has 1 aliphatic rings. The van der Waals surface area contributed by atoms with E-state index in [0.29, 0.717) is 0 Å². The Morgan fingerprint density at radius 3 is 2.43 bits per heavy atom. The van der Waals surface area contributed by atoms with E-state index >= 15 is 0 Å². The van der Waals surface area contributed by atoms with Crippen molar-refractivity contribution < 1.29 is 0 Å². The van der Waals surface area contributed by atoms with Crippen LogP contribution in [-0.2, 0) is 12.6 Å². The van der Waals surface area contributed by atoms with Crippen LogP contribution < -0.4 is 0 Å². The van der Waals surface area contributed by atoms with E-state index in [4.69, 9.17) is 24.8 Å². The first-order valence-corrected chi connectivity index (χ1v) is 2.88. The maximum atomic E-state index is 4.74. The quantitative estimate of drug-likeness (QED) is 0.359. The Kier molecular flexibility index (Phi) is 1.35. The second-order valence-electron chi connectivity index (χ2n) is 1.40. The van der Waals surface area contributed by atoms with Gasteiger partial charge in [-0.1, -0.05) is 12.2 Å². The number of hydrogen-bond donors (Lipinski definition) is 0. The van der Waals surface area contributed by atoms with Crippen LogP contribution in [-0.4, -0.2) is 10.0 Å². The summed E-state index contributed by atoms with van der Waals surface area (Å²) in [5, 5.41) is 0.769. The molecule has 0 atom stereocenters. The lowest BCUT2D eigenvalue weighted by atomic mass is 10.4. The average Bonchev–Trinajstić information content (AvgIpc) is 1.87. The minimum absolute atomic E-state index is 0.769. The molecule has 3 heteroatoms. The molecule has 1 heterocycles. The van der Waals surface area contributed by atoms with Crippen molar-refractivity contribution in [2.75, 3.05) is 0 Å². The summed E-state index contributed by atoms with van der Waals surface area (Å²) >= 11 is 9.48. The molecule has 0 aliphatic carbocycles. The van der Waals surface area contributed by atoms with Crippen molar-refractivity contribution >= 4 is 34.9 Å². The maximum absolute atomic E-state index is 4.74. The highest BCUT2D eigenvalue weighted by Gasteiger charge is 1.98. The zero-order valence-corrected chi connectivity index (χ0v) is 5.31. The van der Waals surface area contributed by atoms with Gasteiger partial charge in [-0.15, -0.1) is 5.04 Å². The van der Waals surface area contributed by atoms with Crippen molar-refractivity contribution in [3.05, 3.63) is 0 Å². The summed E-state index contributed by atoms with van der Waals surface area (Å²) in [5.74, 6) is 0. The number of nitrogens with zero attached hydrogens (tertiary/aromatic N) is 1. The van der Waals surface area contributed by atoms with Crippen LogP contribution in [0.25, 0.3) is 0 Å². The van der Waals surface area contributed by atoms with E-state index in [1.807, 2.05) is 0 Å². The summed E-state index contributed by atoms with van der Waals surface area (Å²) in [5.41, 5.74) is 0. The molecule has 0 unspecified atom stereocenters. The van der Waals surface area contributed by atoms with Gasteiger partial charge in [0, 0.05) is 6.42 Å². The maximum Gasteiger partial charge on any atom is 0.101 e. The smallest absolute Gasteiger partial charge is 0.101 e. The number of aliphatic imine (C=N–C) groups is 1. The second kappa shape index (κ2) is 1.84. The Bertz CT molecular complexity index is 128. The minimum atomic E-state index is 0.769. The molecule has 0 saturated carbocycles. The van der Waals surface area contributed by atoms with Crippen LogP contribution >= 0.6 is 12.2 Å². The van der Waals surface area contributed by atoms with Crippen LogP contribution in [0.2, 0.25) is 0 Å². The van der Waals surface area contributed by atoms with E-state index in [9.17, 15) is 0 Å². The Morgan fingerprint density at radius 2 is 2.29 bits per heavy atom. The number of hydrogen-bond acceptors (Lipinski definition) is 2. The van der Waals surface area contributed by atoms with Crippen LogP contribution in [0.15, 0.2) is 4.99 Å². The fourth-order valence-electron chi connectivity index (χ4n) is 0.465. The Morgan fingerprint density at radius 1 is 1.57 bits per heavy atom. The molecular formula is C4H4NS2-. The van der Waals surface area contributed by atoms with Gasteiger partial charge in [-0.2, -0.15) is 0 Å². The molecule has 0 N–H and O–H groups in total. The fraction of sp³-hybridized carbons (Fsp3) is 0.500. The highest BCUT2D eigenvalue weighted by molar-refractivity contribution is 7.81. The third-order valence-electron chi connectivity index (χ3n) is 0.802. The van der Waals surface area contributed by atoms with Crippen molar-refractivity contribution in [3.63, 3.8) is 0 Å². The van der Waals surface area contributed by atoms with Gasteiger partial charge in [0.1, 0.15) is 4.99 Å². The Balaban J connectivity index is 2.67. The highest BCUT2D eigenvalue weighted by atomic mass is 32.1. The van der Waals surface area contributed by atoms with Crippen LogP contribution in [0.1, 0.15) is 12.8 Å². The normalized spacial score (nSPS) is 20.0. The van der Waals surface area contributed by atoms with Crippen LogP contribution in [0.3, 0.4) is 0 Å². The van der Waals surface area contributed by atoms with Gasteiger partial charge in [-0.05, 0) is 6.42 Å². The summed E-state index contributed by atoms with van der Waals surface area (Å²) < 4.78 is 0. The molecule has 0 fully saturated rings. The minimum Gasteiger partial charge on any atom is -0.764 e. The Labute approximate surface area is 53.2 Å². The lowest BCUT2D eigenvalue weighted by Crippen LogP contribution is -1.79. The predicted molar refractivity (Wildman–Crippen MR) is 36.6 cm³/mol. The average molecular weight is 130 g/mol. The summed E-state index contributed by atoms with van der Waals surface area (Å²) in [4.78, 5) is 4.62. The van der Waals surface area contributed by atoms with E-state index in [1.165, 1.54) is 0 Å². The molecule has 38 valence electrons. The van der Waals surface area contributed by atoms with Gasteiger partial charge in [0.2, 0.25) is 0 Å². The van der Waals surface area contributed by atoms with E-state index in [-0.39, 0.29) is 0 Å². The first-order chi connectivity index (χ1) is 3.29. The summed E-state index contributed by atoms with van der Waals surface area (Å²) in [6, 6.07) is 0. The third kappa shape index (κ3) is 1.17. The van der Waals surface area contributed by atoms with Gasteiger partial charge in [0.15, 0.2) is 0 Å². The molecule has 1 aliphatic heterocycles. The molecule has 0 radical (unpaired) electrons. The SMILES string of the molecule is S=C1CCC([S-])=N1. The molecule has 0 bridgehead atoms. The summed E-state index contributed by atoms with van der Waals surface area (Å²) in [6.45, 7) is 0. The summed E-state index contributed by atoms with van der Waals surface area (Å²) in [7, 11) is 0. The highest BCUT2D eigenvalue weighted by Crippen LogP contribution is 2.05. The number of thiocarbonyl (C=S) groups is 1. The van der Waals surface area contributed by atoms with Gasteiger partial charge >= 0.3 is 0 Å². The van der Waals surface area contributed by atoms with Crippen molar-refractivity contribution in [2.45, 2.75) is 12.8 Å². The lowest BCUT2D eigenvalue weighted by molar-refractivity contribution is 1.23. The van der Waals surface area contributed by atoms with Gasteiger partial charge in [-0.25, -0.2) is 0 Å². The lowest BCUT2D eigenvalue weighted by Gasteiger charge is -1.95. The second-order valence-corrected chi connectivity index (χ2v) is 2.34. The largest absolute Gasteiger partial charge is 0.764 e. The van der Waals surface area contributed by atoms with Gasteiger partial charge in [0.05, 0.1) is 0 Å². The van der Waals surface area contributed by atoms with Crippen LogP contribution in [0, 0.1) is 0 Å². The fourth-order valence-corrected chi connectivity index (χ4v) is 0.947. The van der Waals surface area contributed by atoms with Crippen molar-refractivity contribution in [3.8, 4) is 0 Å². The third-order valence-corrected chi connectivity index (χ3v) is 1.39. The molecule has 7 heavy (non-hydrogen) atoms.